The SMILES string of the molecule is CC(C)(C)C(=O)N1N=C(c2cccc(NS(C)(=O)=O)c2)CC1c1cccc([N+](=O)[O-])c1. The molecule has 1 atom stereocenters. The normalized spacial score (nSPS) is 16.7. The van der Waals surface area contributed by atoms with E-state index in [4.69, 9.17) is 0 Å². The second-order valence-corrected chi connectivity index (χ2v) is 10.2. The quantitative estimate of drug-likeness (QED) is 0.557. The molecule has 0 radical (unpaired) electrons. The molecule has 0 bridgehead atoms. The van der Waals surface area contributed by atoms with Gasteiger partial charge in [0.15, 0.2) is 0 Å². The highest BCUT2D eigenvalue weighted by molar-refractivity contribution is 7.92. The Morgan fingerprint density at radius 2 is 1.87 bits per heavy atom. The standard InChI is InChI=1S/C21H24N4O5S/c1-21(2,3)20(26)24-19(15-8-6-10-17(12-15)25(27)28)13-18(22-24)14-7-5-9-16(11-14)23-31(4,29)30/h5-12,19,23H,13H2,1-4H3. The summed E-state index contributed by atoms with van der Waals surface area (Å²) in [6.45, 7) is 5.35. The number of nitrogens with one attached hydrogen (secondary N) is 1. The average molecular weight is 445 g/mol. The van der Waals surface area contributed by atoms with Gasteiger partial charge in [-0.15, -0.1) is 0 Å². The van der Waals surface area contributed by atoms with Crippen molar-refractivity contribution in [1.29, 1.82) is 0 Å². The van der Waals surface area contributed by atoms with Crippen LogP contribution in [-0.4, -0.2) is 36.2 Å². The lowest BCUT2D eigenvalue weighted by Gasteiger charge is -2.28. The van der Waals surface area contributed by atoms with Crippen LogP contribution in [0.25, 0.3) is 0 Å². The molecule has 3 rings (SSSR count). The summed E-state index contributed by atoms with van der Waals surface area (Å²) in [5.41, 5.74) is 1.47. The number of rotatable bonds is 5. The molecule has 0 aliphatic carbocycles. The molecule has 0 saturated heterocycles. The molecule has 1 unspecified atom stereocenters. The first kappa shape index (κ1) is 22.4. The third-order valence-corrected chi connectivity index (χ3v) is 5.33. The number of amides is 1. The van der Waals surface area contributed by atoms with Gasteiger partial charge < -0.3 is 0 Å². The number of carbonyl (C=O) groups excluding carboxylic acids is 1. The number of nitro benzene ring substituents is 1. The summed E-state index contributed by atoms with van der Waals surface area (Å²) in [6, 6.07) is 12.4. The van der Waals surface area contributed by atoms with Crippen LogP contribution in [0.1, 0.15) is 44.4 Å². The van der Waals surface area contributed by atoms with Crippen LogP contribution in [0.2, 0.25) is 0 Å². The van der Waals surface area contributed by atoms with E-state index in [9.17, 15) is 23.3 Å². The van der Waals surface area contributed by atoms with E-state index in [0.29, 0.717) is 28.9 Å². The first-order chi connectivity index (χ1) is 14.3. The smallest absolute Gasteiger partial charge is 0.269 e. The Hall–Kier alpha value is -3.27. The minimum Gasteiger partial charge on any atom is -0.284 e. The van der Waals surface area contributed by atoms with Crippen molar-refractivity contribution in [2.75, 3.05) is 11.0 Å². The van der Waals surface area contributed by atoms with Gasteiger partial charge in [-0.2, -0.15) is 5.10 Å². The van der Waals surface area contributed by atoms with Crippen LogP contribution < -0.4 is 4.72 Å². The number of sulfonamides is 1. The van der Waals surface area contributed by atoms with Crippen molar-refractivity contribution in [1.82, 2.24) is 5.01 Å². The van der Waals surface area contributed by atoms with Gasteiger partial charge in [0.2, 0.25) is 15.9 Å². The average Bonchev–Trinajstić information content (AvgIpc) is 3.11. The van der Waals surface area contributed by atoms with Crippen LogP contribution in [0.15, 0.2) is 53.6 Å². The van der Waals surface area contributed by atoms with E-state index < -0.39 is 26.4 Å². The van der Waals surface area contributed by atoms with Crippen LogP contribution in [-0.2, 0) is 14.8 Å². The predicted octanol–water partition coefficient (Wildman–Crippen LogP) is 3.69. The van der Waals surface area contributed by atoms with Crippen molar-refractivity contribution in [3.8, 4) is 0 Å². The van der Waals surface area contributed by atoms with Gasteiger partial charge in [-0.1, -0.05) is 45.0 Å². The number of non-ortho nitro benzene ring substituents is 1. The van der Waals surface area contributed by atoms with Gasteiger partial charge in [0.1, 0.15) is 0 Å². The van der Waals surface area contributed by atoms with E-state index in [-0.39, 0.29) is 11.6 Å². The Morgan fingerprint density at radius 3 is 2.48 bits per heavy atom. The fourth-order valence-corrected chi connectivity index (χ4v) is 3.85. The summed E-state index contributed by atoms with van der Waals surface area (Å²) < 4.78 is 25.5. The molecule has 0 fully saturated rings. The maximum absolute atomic E-state index is 13.1. The lowest BCUT2D eigenvalue weighted by Crippen LogP contribution is -2.36. The highest BCUT2D eigenvalue weighted by Crippen LogP contribution is 2.37. The molecule has 1 heterocycles. The van der Waals surface area contributed by atoms with Crippen molar-refractivity contribution >= 4 is 33.0 Å². The van der Waals surface area contributed by atoms with Crippen LogP contribution in [0.3, 0.4) is 0 Å². The highest BCUT2D eigenvalue weighted by atomic mass is 32.2. The third kappa shape index (κ3) is 5.26. The Morgan fingerprint density at radius 1 is 1.19 bits per heavy atom. The van der Waals surface area contributed by atoms with Crippen LogP contribution in [0.5, 0.6) is 0 Å². The summed E-state index contributed by atoms with van der Waals surface area (Å²) in [7, 11) is -3.45. The Labute approximate surface area is 181 Å². The van der Waals surface area contributed by atoms with Gasteiger partial charge in [-0.25, -0.2) is 13.4 Å². The van der Waals surface area contributed by atoms with Crippen molar-refractivity contribution in [3.05, 3.63) is 69.8 Å². The molecular formula is C21H24N4O5S. The van der Waals surface area contributed by atoms with Gasteiger partial charge in [0.05, 0.1) is 22.9 Å². The molecule has 0 spiro atoms. The number of nitrogens with zero attached hydrogens (tertiary/aromatic N) is 3. The number of hydrazone groups is 1. The van der Waals surface area contributed by atoms with Gasteiger partial charge >= 0.3 is 0 Å². The molecule has 31 heavy (non-hydrogen) atoms. The molecule has 1 N–H and O–H groups in total. The summed E-state index contributed by atoms with van der Waals surface area (Å²) in [4.78, 5) is 23.8. The fourth-order valence-electron chi connectivity index (χ4n) is 3.30. The number of carbonyl (C=O) groups is 1. The molecule has 164 valence electrons. The zero-order valence-corrected chi connectivity index (χ0v) is 18.5. The summed E-state index contributed by atoms with van der Waals surface area (Å²) in [6.07, 6.45) is 1.40. The number of hydrogen-bond acceptors (Lipinski definition) is 6. The minimum atomic E-state index is -3.45. The van der Waals surface area contributed by atoms with Crippen LogP contribution in [0.4, 0.5) is 11.4 Å². The monoisotopic (exact) mass is 444 g/mol. The van der Waals surface area contributed by atoms with E-state index in [1.807, 2.05) is 0 Å². The van der Waals surface area contributed by atoms with Crippen molar-refractivity contribution in [2.24, 2.45) is 10.5 Å². The zero-order valence-electron chi connectivity index (χ0n) is 17.7. The molecule has 1 aliphatic heterocycles. The number of anilines is 1. The maximum atomic E-state index is 13.1. The van der Waals surface area contributed by atoms with Crippen molar-refractivity contribution in [3.63, 3.8) is 0 Å². The largest absolute Gasteiger partial charge is 0.284 e. The van der Waals surface area contributed by atoms with Crippen molar-refractivity contribution in [2.45, 2.75) is 33.2 Å². The summed E-state index contributed by atoms with van der Waals surface area (Å²) in [5, 5.41) is 17.1. The second-order valence-electron chi connectivity index (χ2n) is 8.47. The lowest BCUT2D eigenvalue weighted by molar-refractivity contribution is -0.385. The topological polar surface area (TPSA) is 122 Å². The van der Waals surface area contributed by atoms with Gasteiger partial charge in [-0.3, -0.25) is 19.6 Å². The summed E-state index contributed by atoms with van der Waals surface area (Å²) >= 11 is 0. The molecule has 0 aromatic heterocycles. The van der Waals surface area contributed by atoms with Gasteiger partial charge in [0, 0.05) is 29.7 Å². The highest BCUT2D eigenvalue weighted by Gasteiger charge is 2.38. The molecule has 9 nitrogen and oxygen atoms in total. The second kappa shape index (κ2) is 8.10. The Bertz CT molecular complexity index is 1170. The maximum Gasteiger partial charge on any atom is 0.269 e. The number of benzene rings is 2. The molecule has 0 saturated carbocycles. The summed E-state index contributed by atoms with van der Waals surface area (Å²) in [5.74, 6) is -0.218. The molecule has 1 aliphatic rings. The van der Waals surface area contributed by atoms with E-state index in [1.54, 1.807) is 57.2 Å². The van der Waals surface area contributed by atoms with E-state index >= 15 is 0 Å². The Balaban J connectivity index is 2.02. The molecule has 10 heteroatoms. The Kier molecular flexibility index (Phi) is 5.86. The molecule has 2 aromatic rings. The lowest BCUT2D eigenvalue weighted by atomic mass is 9.93. The number of nitro groups is 1. The van der Waals surface area contributed by atoms with E-state index in [2.05, 4.69) is 9.82 Å². The minimum absolute atomic E-state index is 0.0616. The zero-order chi connectivity index (χ0) is 23.0. The molecule has 1 amide bonds. The van der Waals surface area contributed by atoms with Crippen LogP contribution in [0, 0.1) is 15.5 Å². The van der Waals surface area contributed by atoms with E-state index in [0.717, 1.165) is 6.26 Å². The fraction of sp³-hybridized carbons (Fsp3) is 0.333. The van der Waals surface area contributed by atoms with Crippen molar-refractivity contribution < 1.29 is 18.1 Å². The molecular weight excluding hydrogens is 420 g/mol. The first-order valence-electron chi connectivity index (χ1n) is 9.59. The van der Waals surface area contributed by atoms with Crippen LogP contribution >= 0.6 is 0 Å². The van der Waals surface area contributed by atoms with Gasteiger partial charge in [-0.05, 0) is 23.3 Å². The third-order valence-electron chi connectivity index (χ3n) is 4.72. The number of hydrogen-bond donors (Lipinski definition) is 1. The van der Waals surface area contributed by atoms with Gasteiger partial charge in [0.25, 0.3) is 5.69 Å². The molecule has 2 aromatic carbocycles. The predicted molar refractivity (Wildman–Crippen MR) is 118 cm³/mol. The van der Waals surface area contributed by atoms with E-state index in [1.165, 1.54) is 17.1 Å². The first-order valence-corrected chi connectivity index (χ1v) is 11.5.